The third-order valence-electron chi connectivity index (χ3n) is 1.89. The second kappa shape index (κ2) is 2.63. The number of nitrogens with two attached hydrogens (primary N) is 1. The summed E-state index contributed by atoms with van der Waals surface area (Å²) in [6.07, 6.45) is 0. The van der Waals surface area contributed by atoms with Crippen molar-refractivity contribution in [3.8, 4) is 0 Å². The molecule has 68 valence electrons. The van der Waals surface area contributed by atoms with Crippen LogP contribution in [0.2, 0.25) is 0 Å². The number of fused-ring (bicyclic) bond motifs is 1. The van der Waals surface area contributed by atoms with Crippen LogP contribution in [0.5, 0.6) is 0 Å². The van der Waals surface area contributed by atoms with Gasteiger partial charge in [-0.05, 0) is 19.1 Å². The Kier molecular flexibility index (Phi) is 1.69. The summed E-state index contributed by atoms with van der Waals surface area (Å²) in [5.41, 5.74) is 7.52. The van der Waals surface area contributed by atoms with Crippen LogP contribution in [0.1, 0.15) is 5.82 Å². The Morgan fingerprint density at radius 3 is 2.92 bits per heavy atom. The van der Waals surface area contributed by atoms with Gasteiger partial charge in [0.25, 0.3) is 0 Å². The van der Waals surface area contributed by atoms with Gasteiger partial charge in [0.1, 0.15) is 16.9 Å². The Hall–Kier alpha value is -1.23. The van der Waals surface area contributed by atoms with Gasteiger partial charge in [-0.15, -0.1) is 0 Å². The highest BCUT2D eigenvalue weighted by Gasteiger charge is 2.09. The maximum Gasteiger partial charge on any atom is 0.142 e. The van der Waals surface area contributed by atoms with Gasteiger partial charge in [0, 0.05) is 4.47 Å². The van der Waals surface area contributed by atoms with Gasteiger partial charge in [0.05, 0.1) is 5.69 Å². The molecule has 0 bridgehead atoms. The van der Waals surface area contributed by atoms with E-state index in [0.717, 1.165) is 9.20 Å². The Morgan fingerprint density at radius 2 is 2.23 bits per heavy atom. The topological polar surface area (TPSA) is 64.1 Å². The second-order valence-corrected chi connectivity index (χ2v) is 3.75. The van der Waals surface area contributed by atoms with Crippen LogP contribution in [0.15, 0.2) is 16.6 Å². The Morgan fingerprint density at radius 1 is 1.54 bits per heavy atom. The van der Waals surface area contributed by atoms with Gasteiger partial charge >= 0.3 is 0 Å². The van der Waals surface area contributed by atoms with Gasteiger partial charge in [-0.2, -0.15) is 4.73 Å². The molecular formula is C8H8BrN3O. The molecule has 0 fully saturated rings. The smallest absolute Gasteiger partial charge is 0.142 e. The molecule has 1 aromatic heterocycles. The van der Waals surface area contributed by atoms with E-state index in [9.17, 15) is 5.21 Å². The van der Waals surface area contributed by atoms with Crippen LogP contribution in [0, 0.1) is 6.92 Å². The fourth-order valence-corrected chi connectivity index (χ4v) is 1.74. The largest absolute Gasteiger partial charge is 0.427 e. The van der Waals surface area contributed by atoms with E-state index >= 15 is 0 Å². The SMILES string of the molecule is Cc1nc2c(N)cc(Br)cc2n1O. The van der Waals surface area contributed by atoms with Crippen molar-refractivity contribution in [2.75, 3.05) is 5.73 Å². The highest BCUT2D eigenvalue weighted by Crippen LogP contribution is 2.25. The van der Waals surface area contributed by atoms with Gasteiger partial charge < -0.3 is 10.9 Å². The van der Waals surface area contributed by atoms with Crippen LogP contribution < -0.4 is 5.73 Å². The zero-order chi connectivity index (χ0) is 9.59. The summed E-state index contributed by atoms with van der Waals surface area (Å²) >= 11 is 3.29. The predicted octanol–water partition coefficient (Wildman–Crippen LogP) is 1.93. The molecule has 1 aromatic carbocycles. The molecule has 0 saturated heterocycles. The van der Waals surface area contributed by atoms with Gasteiger partial charge in [-0.25, -0.2) is 4.98 Å². The van der Waals surface area contributed by atoms with Crippen molar-refractivity contribution in [1.82, 2.24) is 9.71 Å². The van der Waals surface area contributed by atoms with Crippen molar-refractivity contribution < 1.29 is 5.21 Å². The van der Waals surface area contributed by atoms with E-state index in [2.05, 4.69) is 20.9 Å². The molecular weight excluding hydrogens is 234 g/mol. The zero-order valence-electron chi connectivity index (χ0n) is 6.95. The van der Waals surface area contributed by atoms with Gasteiger partial charge in [0.2, 0.25) is 0 Å². The molecule has 0 unspecified atom stereocenters. The summed E-state index contributed by atoms with van der Waals surface area (Å²) < 4.78 is 1.85. The molecule has 2 rings (SSSR count). The number of aryl methyl sites for hydroxylation is 1. The Labute approximate surface area is 83.1 Å². The molecule has 0 saturated carbocycles. The molecule has 0 aliphatic heterocycles. The number of benzene rings is 1. The lowest BCUT2D eigenvalue weighted by Crippen LogP contribution is -1.92. The Balaban J connectivity index is 2.94. The van der Waals surface area contributed by atoms with E-state index < -0.39 is 0 Å². The van der Waals surface area contributed by atoms with Crippen molar-refractivity contribution in [2.24, 2.45) is 0 Å². The number of nitrogen functional groups attached to an aromatic ring is 1. The summed E-state index contributed by atoms with van der Waals surface area (Å²) in [5, 5.41) is 9.52. The van der Waals surface area contributed by atoms with Gasteiger partial charge in [0.15, 0.2) is 0 Å². The van der Waals surface area contributed by atoms with Gasteiger partial charge in [-0.1, -0.05) is 15.9 Å². The summed E-state index contributed by atoms with van der Waals surface area (Å²) in [7, 11) is 0. The van der Waals surface area contributed by atoms with Crippen LogP contribution >= 0.6 is 15.9 Å². The zero-order valence-corrected chi connectivity index (χ0v) is 8.54. The fourth-order valence-electron chi connectivity index (χ4n) is 1.27. The van der Waals surface area contributed by atoms with Crippen LogP contribution in [-0.2, 0) is 0 Å². The molecule has 0 atom stereocenters. The lowest BCUT2D eigenvalue weighted by atomic mass is 10.3. The summed E-state index contributed by atoms with van der Waals surface area (Å²) in [4.78, 5) is 4.12. The Bertz CT molecular complexity index is 478. The van der Waals surface area contributed by atoms with E-state index in [0.29, 0.717) is 22.5 Å². The monoisotopic (exact) mass is 241 g/mol. The standard InChI is InChI=1S/C8H8BrN3O/c1-4-11-8-6(10)2-5(9)3-7(8)12(4)13/h2-3,13H,10H2,1H3. The van der Waals surface area contributed by atoms with Crippen molar-refractivity contribution in [1.29, 1.82) is 0 Å². The van der Waals surface area contributed by atoms with Crippen molar-refractivity contribution in [2.45, 2.75) is 6.92 Å². The molecule has 0 radical (unpaired) electrons. The maximum atomic E-state index is 9.52. The molecule has 5 heteroatoms. The molecule has 0 aliphatic carbocycles. The first-order valence-corrected chi connectivity index (χ1v) is 4.52. The molecule has 2 aromatic rings. The van der Waals surface area contributed by atoms with Crippen molar-refractivity contribution in [3.05, 3.63) is 22.4 Å². The lowest BCUT2D eigenvalue weighted by molar-refractivity contribution is 0.191. The molecule has 0 amide bonds. The third-order valence-corrected chi connectivity index (χ3v) is 2.35. The van der Waals surface area contributed by atoms with E-state index in [1.54, 1.807) is 19.1 Å². The first kappa shape index (κ1) is 8.37. The highest BCUT2D eigenvalue weighted by molar-refractivity contribution is 9.10. The van der Waals surface area contributed by atoms with Gasteiger partial charge in [-0.3, -0.25) is 0 Å². The number of hydrogen-bond donors (Lipinski definition) is 2. The average Bonchev–Trinajstić information content (AvgIpc) is 2.32. The minimum absolute atomic E-state index is 0.528. The molecule has 0 spiro atoms. The van der Waals surface area contributed by atoms with Crippen LogP contribution in [0.25, 0.3) is 11.0 Å². The number of hydrogen-bond acceptors (Lipinski definition) is 3. The molecule has 1 heterocycles. The molecule has 4 nitrogen and oxygen atoms in total. The number of aromatic nitrogens is 2. The minimum atomic E-state index is 0.528. The number of imidazole rings is 1. The molecule has 3 N–H and O–H groups in total. The van der Waals surface area contributed by atoms with E-state index in [1.807, 2.05) is 0 Å². The quantitative estimate of drug-likeness (QED) is 0.548. The number of rotatable bonds is 0. The van der Waals surface area contributed by atoms with Crippen LogP contribution in [-0.4, -0.2) is 14.9 Å². The highest BCUT2D eigenvalue weighted by atomic mass is 79.9. The summed E-state index contributed by atoms with van der Waals surface area (Å²) in [6.45, 7) is 1.72. The van der Waals surface area contributed by atoms with Crippen LogP contribution in [0.3, 0.4) is 0 Å². The number of nitrogens with zero attached hydrogens (tertiary/aromatic N) is 2. The summed E-state index contributed by atoms with van der Waals surface area (Å²) in [5.74, 6) is 0.528. The van der Waals surface area contributed by atoms with E-state index in [-0.39, 0.29) is 0 Å². The normalized spacial score (nSPS) is 10.9. The first-order chi connectivity index (χ1) is 6.09. The van der Waals surface area contributed by atoms with Crippen molar-refractivity contribution >= 4 is 32.7 Å². The maximum absolute atomic E-state index is 9.52. The average molecular weight is 242 g/mol. The number of halogens is 1. The molecule has 13 heavy (non-hydrogen) atoms. The van der Waals surface area contributed by atoms with Crippen molar-refractivity contribution in [3.63, 3.8) is 0 Å². The van der Waals surface area contributed by atoms with E-state index in [4.69, 9.17) is 5.73 Å². The predicted molar refractivity (Wildman–Crippen MR) is 53.8 cm³/mol. The first-order valence-electron chi connectivity index (χ1n) is 3.73. The van der Waals surface area contributed by atoms with Crippen LogP contribution in [0.4, 0.5) is 5.69 Å². The van der Waals surface area contributed by atoms with E-state index in [1.165, 1.54) is 0 Å². The molecule has 0 aliphatic rings. The summed E-state index contributed by atoms with van der Waals surface area (Å²) in [6, 6.07) is 3.53. The fraction of sp³-hybridized carbons (Fsp3) is 0.125. The number of anilines is 1. The minimum Gasteiger partial charge on any atom is -0.427 e. The third kappa shape index (κ3) is 1.16. The second-order valence-electron chi connectivity index (χ2n) is 2.83. The lowest BCUT2D eigenvalue weighted by Gasteiger charge is -1.97.